The summed E-state index contributed by atoms with van der Waals surface area (Å²) in [5.74, 6) is -1.12. The lowest BCUT2D eigenvalue weighted by Gasteiger charge is -2.06. The number of halogens is 3. The van der Waals surface area contributed by atoms with E-state index in [2.05, 4.69) is 15.3 Å². The Morgan fingerprint density at radius 2 is 1.89 bits per heavy atom. The average Bonchev–Trinajstić information content (AvgIpc) is 3.20. The zero-order valence-corrected chi connectivity index (χ0v) is 16.1. The van der Waals surface area contributed by atoms with Crippen molar-refractivity contribution in [2.75, 3.05) is 6.54 Å². The molecule has 1 amide bonds. The van der Waals surface area contributed by atoms with Crippen LogP contribution in [-0.2, 0) is 6.42 Å². The second kappa shape index (κ2) is 6.95. The maximum Gasteiger partial charge on any atom is 0.267 e. The van der Waals surface area contributed by atoms with Gasteiger partial charge in [-0.3, -0.25) is 4.79 Å². The number of H-pyrrole nitrogens is 2. The highest BCUT2D eigenvalue weighted by Gasteiger charge is 2.15. The Kier molecular flexibility index (Phi) is 4.59. The summed E-state index contributed by atoms with van der Waals surface area (Å²) in [6, 6.07) is 7.53. The van der Waals surface area contributed by atoms with Crippen LogP contribution in [0.5, 0.6) is 0 Å². The van der Waals surface area contributed by atoms with E-state index in [0.29, 0.717) is 35.1 Å². The monoisotopic (exact) mass is 401 g/mol. The van der Waals surface area contributed by atoms with Crippen LogP contribution >= 0.6 is 11.6 Å². The normalized spacial score (nSPS) is 11.5. The number of fused-ring (bicyclic) bond motifs is 2. The highest BCUT2D eigenvalue weighted by molar-refractivity contribution is 6.31. The topological polar surface area (TPSA) is 60.7 Å². The Bertz CT molecular complexity index is 1190. The number of aryl methyl sites for hydroxylation is 2. The first-order chi connectivity index (χ1) is 13.3. The van der Waals surface area contributed by atoms with Gasteiger partial charge in [-0.2, -0.15) is 0 Å². The molecule has 0 atom stereocenters. The first kappa shape index (κ1) is 18.5. The number of aromatic nitrogens is 2. The number of hydrogen-bond acceptors (Lipinski definition) is 1. The van der Waals surface area contributed by atoms with Crippen molar-refractivity contribution in [2.24, 2.45) is 0 Å². The maximum absolute atomic E-state index is 14.0. The van der Waals surface area contributed by atoms with E-state index in [1.54, 1.807) is 12.1 Å². The van der Waals surface area contributed by atoms with Gasteiger partial charge in [-0.25, -0.2) is 8.78 Å². The summed E-state index contributed by atoms with van der Waals surface area (Å²) in [4.78, 5) is 18.5. The molecule has 144 valence electrons. The maximum atomic E-state index is 14.0. The molecule has 2 aromatic carbocycles. The molecule has 0 aliphatic carbocycles. The van der Waals surface area contributed by atoms with Crippen LogP contribution in [0.1, 0.15) is 27.3 Å². The van der Waals surface area contributed by atoms with E-state index in [1.807, 2.05) is 13.8 Å². The van der Waals surface area contributed by atoms with Crippen LogP contribution in [0.4, 0.5) is 8.78 Å². The highest BCUT2D eigenvalue weighted by atomic mass is 35.5. The summed E-state index contributed by atoms with van der Waals surface area (Å²) >= 11 is 5.78. The number of nitrogens with one attached hydrogen (secondary N) is 3. The van der Waals surface area contributed by atoms with Gasteiger partial charge in [0.1, 0.15) is 17.3 Å². The molecule has 2 aromatic heterocycles. The van der Waals surface area contributed by atoms with Crippen molar-refractivity contribution in [1.82, 2.24) is 15.3 Å². The number of amides is 1. The lowest BCUT2D eigenvalue weighted by Crippen LogP contribution is -2.26. The fourth-order valence-corrected chi connectivity index (χ4v) is 3.76. The molecule has 0 aliphatic heterocycles. The van der Waals surface area contributed by atoms with Crippen LogP contribution in [-0.4, -0.2) is 22.4 Å². The zero-order chi connectivity index (χ0) is 20.0. The van der Waals surface area contributed by atoms with Gasteiger partial charge < -0.3 is 15.3 Å². The quantitative estimate of drug-likeness (QED) is 0.434. The third-order valence-electron chi connectivity index (χ3n) is 5.00. The number of carbonyl (C=O) groups excluding carboxylic acids is 1. The molecule has 0 bridgehead atoms. The molecule has 0 fully saturated rings. The minimum atomic E-state index is -0.530. The summed E-state index contributed by atoms with van der Waals surface area (Å²) < 4.78 is 27.6. The van der Waals surface area contributed by atoms with Gasteiger partial charge in [0.25, 0.3) is 5.91 Å². The fraction of sp³-hybridized carbons (Fsp3) is 0.190. The SMILES string of the molecule is Cc1[nH]c2c(F)ccc(C)c2c1CCNC(=O)c1cc2cc(F)c(Cl)cc2[nH]1. The molecule has 0 radical (unpaired) electrons. The Morgan fingerprint density at radius 1 is 1.11 bits per heavy atom. The van der Waals surface area contributed by atoms with Gasteiger partial charge in [0.15, 0.2) is 0 Å². The molecule has 0 saturated heterocycles. The largest absolute Gasteiger partial charge is 0.356 e. The van der Waals surface area contributed by atoms with Crippen molar-refractivity contribution < 1.29 is 13.6 Å². The van der Waals surface area contributed by atoms with Gasteiger partial charge in [-0.1, -0.05) is 17.7 Å². The molecule has 3 N–H and O–H groups in total. The molecule has 7 heteroatoms. The number of benzene rings is 2. The van der Waals surface area contributed by atoms with E-state index in [-0.39, 0.29) is 16.7 Å². The van der Waals surface area contributed by atoms with E-state index in [9.17, 15) is 13.6 Å². The van der Waals surface area contributed by atoms with E-state index in [0.717, 1.165) is 22.2 Å². The van der Waals surface area contributed by atoms with E-state index >= 15 is 0 Å². The first-order valence-electron chi connectivity index (χ1n) is 8.87. The Hall–Kier alpha value is -2.86. The van der Waals surface area contributed by atoms with Crippen molar-refractivity contribution in [1.29, 1.82) is 0 Å². The summed E-state index contributed by atoms with van der Waals surface area (Å²) in [5, 5.41) is 4.29. The van der Waals surface area contributed by atoms with Gasteiger partial charge >= 0.3 is 0 Å². The second-order valence-electron chi connectivity index (χ2n) is 6.89. The van der Waals surface area contributed by atoms with E-state index in [1.165, 1.54) is 18.2 Å². The molecular formula is C21H18ClF2N3O. The van der Waals surface area contributed by atoms with Crippen LogP contribution in [0.15, 0.2) is 30.3 Å². The second-order valence-corrected chi connectivity index (χ2v) is 7.29. The van der Waals surface area contributed by atoms with Crippen LogP contribution in [0, 0.1) is 25.5 Å². The number of rotatable bonds is 4. The molecular weight excluding hydrogens is 384 g/mol. The van der Waals surface area contributed by atoms with Gasteiger partial charge in [-0.15, -0.1) is 0 Å². The summed E-state index contributed by atoms with van der Waals surface area (Å²) in [7, 11) is 0. The minimum absolute atomic E-state index is 0.00118. The van der Waals surface area contributed by atoms with E-state index < -0.39 is 5.82 Å². The predicted molar refractivity (Wildman–Crippen MR) is 107 cm³/mol. The van der Waals surface area contributed by atoms with Gasteiger partial charge in [-0.05, 0) is 55.7 Å². The standard InChI is InChI=1S/C21H18ClF2N3O/c1-10-3-4-15(23)20-19(10)13(11(2)26-20)5-6-25-21(28)18-8-12-7-16(24)14(22)9-17(12)27-18/h3-4,7-9,26-27H,5-6H2,1-2H3,(H,25,28). The molecule has 4 rings (SSSR count). The molecule has 0 spiro atoms. The summed E-state index contributed by atoms with van der Waals surface area (Å²) in [5.41, 5.74) is 4.26. The van der Waals surface area contributed by atoms with E-state index in [4.69, 9.17) is 11.6 Å². The average molecular weight is 402 g/mol. The van der Waals surface area contributed by atoms with Crippen molar-refractivity contribution in [2.45, 2.75) is 20.3 Å². The number of aromatic amines is 2. The molecule has 0 unspecified atom stereocenters. The smallest absolute Gasteiger partial charge is 0.267 e. The fourth-order valence-electron chi connectivity index (χ4n) is 3.60. The van der Waals surface area contributed by atoms with Gasteiger partial charge in [0, 0.05) is 28.5 Å². The predicted octanol–water partition coefficient (Wildman–Crippen LogP) is 5.17. The number of hydrogen-bond donors (Lipinski definition) is 3. The third kappa shape index (κ3) is 3.14. The summed E-state index contributed by atoms with van der Waals surface area (Å²) in [6.45, 7) is 4.21. The molecule has 4 nitrogen and oxygen atoms in total. The summed E-state index contributed by atoms with van der Waals surface area (Å²) in [6.07, 6.45) is 0.558. The van der Waals surface area contributed by atoms with Crippen LogP contribution < -0.4 is 5.32 Å². The Labute approximate surface area is 164 Å². The van der Waals surface area contributed by atoms with Crippen molar-refractivity contribution >= 4 is 39.3 Å². The van der Waals surface area contributed by atoms with Crippen molar-refractivity contribution in [3.8, 4) is 0 Å². The lowest BCUT2D eigenvalue weighted by molar-refractivity contribution is 0.0950. The first-order valence-corrected chi connectivity index (χ1v) is 9.25. The zero-order valence-electron chi connectivity index (χ0n) is 15.3. The molecule has 28 heavy (non-hydrogen) atoms. The minimum Gasteiger partial charge on any atom is -0.356 e. The Balaban J connectivity index is 1.51. The highest BCUT2D eigenvalue weighted by Crippen LogP contribution is 2.28. The molecule has 4 aromatic rings. The lowest BCUT2D eigenvalue weighted by atomic mass is 10.0. The van der Waals surface area contributed by atoms with Crippen molar-refractivity contribution in [3.63, 3.8) is 0 Å². The van der Waals surface area contributed by atoms with Gasteiger partial charge in [0.2, 0.25) is 0 Å². The van der Waals surface area contributed by atoms with Crippen LogP contribution in [0.3, 0.4) is 0 Å². The third-order valence-corrected chi connectivity index (χ3v) is 5.29. The molecule has 0 aliphatic rings. The van der Waals surface area contributed by atoms with Crippen LogP contribution in [0.25, 0.3) is 21.8 Å². The van der Waals surface area contributed by atoms with Crippen LogP contribution in [0.2, 0.25) is 5.02 Å². The van der Waals surface area contributed by atoms with Gasteiger partial charge in [0.05, 0.1) is 10.5 Å². The number of carbonyl (C=O) groups is 1. The molecule has 0 saturated carbocycles. The molecule has 2 heterocycles. The van der Waals surface area contributed by atoms with Crippen molar-refractivity contribution in [3.05, 3.63) is 69.5 Å². The Morgan fingerprint density at radius 3 is 2.68 bits per heavy atom.